The summed E-state index contributed by atoms with van der Waals surface area (Å²) in [7, 11) is 0. The summed E-state index contributed by atoms with van der Waals surface area (Å²) < 4.78 is 0. The van der Waals surface area contributed by atoms with Crippen molar-refractivity contribution < 1.29 is 14.4 Å². The molecule has 1 aliphatic carbocycles. The maximum absolute atomic E-state index is 12.7. The van der Waals surface area contributed by atoms with Gasteiger partial charge >= 0.3 is 0 Å². The average molecular weight is 457 g/mol. The second kappa shape index (κ2) is 12.7. The molecule has 4 rings (SSSR count). The van der Waals surface area contributed by atoms with Crippen molar-refractivity contribution in [3.8, 4) is 0 Å². The van der Waals surface area contributed by atoms with Crippen LogP contribution in [0.1, 0.15) is 94.0 Å². The number of fused-ring (bicyclic) bond motifs is 1. The molecular formula is C26H40N4O3. The summed E-state index contributed by atoms with van der Waals surface area (Å²) in [5.74, 6) is -0.764. The summed E-state index contributed by atoms with van der Waals surface area (Å²) in [4.78, 5) is 37.7. The summed E-state index contributed by atoms with van der Waals surface area (Å²) in [5.41, 5.74) is 2.57. The lowest BCUT2D eigenvalue weighted by Gasteiger charge is -2.29. The first kappa shape index (κ1) is 25.2. The molecule has 2 aliphatic heterocycles. The lowest BCUT2D eigenvalue weighted by molar-refractivity contribution is -0.136. The smallest absolute Gasteiger partial charge is 0.255 e. The van der Waals surface area contributed by atoms with Crippen LogP contribution >= 0.6 is 0 Å². The maximum Gasteiger partial charge on any atom is 0.255 e. The summed E-state index contributed by atoms with van der Waals surface area (Å²) in [6, 6.07) is 5.94. The molecule has 0 radical (unpaired) electrons. The van der Waals surface area contributed by atoms with E-state index in [1.54, 1.807) is 11.0 Å². The number of rotatable bonds is 8. The second-order valence-corrected chi connectivity index (χ2v) is 9.26. The van der Waals surface area contributed by atoms with E-state index < -0.39 is 6.04 Å². The Labute approximate surface area is 198 Å². The van der Waals surface area contributed by atoms with Crippen molar-refractivity contribution in [3.63, 3.8) is 0 Å². The van der Waals surface area contributed by atoms with Crippen LogP contribution in [0.4, 0.5) is 5.69 Å². The minimum atomic E-state index is -0.560. The number of unbranched alkanes of at least 4 members (excludes halogenated alkanes) is 2. The van der Waals surface area contributed by atoms with E-state index in [4.69, 9.17) is 0 Å². The Morgan fingerprint density at radius 2 is 1.82 bits per heavy atom. The van der Waals surface area contributed by atoms with Crippen molar-refractivity contribution in [2.75, 3.05) is 18.4 Å². The van der Waals surface area contributed by atoms with Gasteiger partial charge in [-0.05, 0) is 44.4 Å². The molecule has 0 bridgehead atoms. The largest absolute Gasteiger partial charge is 0.385 e. The minimum Gasteiger partial charge on any atom is -0.385 e. The van der Waals surface area contributed by atoms with Crippen molar-refractivity contribution in [1.82, 2.24) is 15.5 Å². The number of carbonyl (C=O) groups is 3. The molecule has 1 aromatic carbocycles. The standard InChI is InChI=1S/C18H23N3O3.C8H17N/c1-2-3-4-10-19-14-7-5-6-12-13(14)11-21(18(12)24)15-8-9-16(22)20-17(15)23;1-2-9-8-6-4-3-5-7-8/h5-7,15,19H,2-4,8-11H2,1H3,(H,20,22,23);8-9H,2-7H2,1H3. The van der Waals surface area contributed by atoms with Crippen LogP contribution in [0.2, 0.25) is 0 Å². The molecular weight excluding hydrogens is 416 g/mol. The second-order valence-electron chi connectivity index (χ2n) is 9.26. The van der Waals surface area contributed by atoms with Crippen molar-refractivity contribution in [1.29, 1.82) is 0 Å². The molecule has 1 unspecified atom stereocenters. The fourth-order valence-electron chi connectivity index (χ4n) is 4.94. The highest BCUT2D eigenvalue weighted by Gasteiger charge is 2.39. The highest BCUT2D eigenvalue weighted by Crippen LogP contribution is 2.32. The number of amides is 3. The molecule has 3 amide bonds. The SMILES string of the molecule is CCCCCNc1cccc2c1CN(C1CCC(=O)NC1=O)C2=O.CCNC1CCCCC1. The first-order chi connectivity index (χ1) is 16.0. The van der Waals surface area contributed by atoms with Gasteiger partial charge in [0.05, 0.1) is 0 Å². The zero-order valence-corrected chi connectivity index (χ0v) is 20.3. The molecule has 0 spiro atoms. The number of carbonyl (C=O) groups excluding carboxylic acids is 3. The molecule has 7 nitrogen and oxygen atoms in total. The van der Waals surface area contributed by atoms with Gasteiger partial charge in [0.15, 0.2) is 0 Å². The molecule has 182 valence electrons. The summed E-state index contributed by atoms with van der Waals surface area (Å²) >= 11 is 0. The van der Waals surface area contributed by atoms with Crippen LogP contribution < -0.4 is 16.0 Å². The molecule has 1 aromatic rings. The Kier molecular flexibility index (Phi) is 9.73. The number of hydrogen-bond acceptors (Lipinski definition) is 5. The van der Waals surface area contributed by atoms with E-state index in [2.05, 4.69) is 29.8 Å². The van der Waals surface area contributed by atoms with Crippen molar-refractivity contribution in [3.05, 3.63) is 29.3 Å². The van der Waals surface area contributed by atoms with Crippen LogP contribution in [0.5, 0.6) is 0 Å². The fraction of sp³-hybridized carbons (Fsp3) is 0.654. The van der Waals surface area contributed by atoms with Crippen LogP contribution in [-0.4, -0.2) is 47.8 Å². The highest BCUT2D eigenvalue weighted by atomic mass is 16.2. The van der Waals surface area contributed by atoms with Crippen LogP contribution in [-0.2, 0) is 16.1 Å². The lowest BCUT2D eigenvalue weighted by atomic mass is 9.96. The van der Waals surface area contributed by atoms with Gasteiger partial charge in [-0.15, -0.1) is 0 Å². The Bertz CT molecular complexity index is 817. The molecule has 2 heterocycles. The number of hydrogen-bond donors (Lipinski definition) is 3. The molecule has 2 fully saturated rings. The van der Waals surface area contributed by atoms with Crippen molar-refractivity contribution >= 4 is 23.4 Å². The Morgan fingerprint density at radius 3 is 2.52 bits per heavy atom. The fourth-order valence-corrected chi connectivity index (χ4v) is 4.94. The summed E-state index contributed by atoms with van der Waals surface area (Å²) in [5, 5.41) is 9.22. The predicted molar refractivity (Wildman–Crippen MR) is 131 cm³/mol. The minimum absolute atomic E-state index is 0.128. The predicted octanol–water partition coefficient (Wildman–Crippen LogP) is 3.98. The molecule has 33 heavy (non-hydrogen) atoms. The van der Waals surface area contributed by atoms with E-state index in [0.29, 0.717) is 18.5 Å². The average Bonchev–Trinajstić information content (AvgIpc) is 3.15. The van der Waals surface area contributed by atoms with E-state index in [1.807, 2.05) is 12.1 Å². The third-order valence-electron chi connectivity index (χ3n) is 6.78. The number of benzene rings is 1. The Morgan fingerprint density at radius 1 is 1.03 bits per heavy atom. The van der Waals surface area contributed by atoms with Crippen LogP contribution in [0, 0.1) is 0 Å². The number of piperidine rings is 1. The molecule has 1 saturated carbocycles. The number of nitrogens with zero attached hydrogens (tertiary/aromatic N) is 1. The van der Waals surface area contributed by atoms with Crippen molar-refractivity contribution in [2.45, 2.75) is 96.7 Å². The zero-order chi connectivity index (χ0) is 23.6. The molecule has 3 aliphatic rings. The van der Waals surface area contributed by atoms with Gasteiger partial charge < -0.3 is 15.5 Å². The lowest BCUT2D eigenvalue weighted by Crippen LogP contribution is -2.52. The van der Waals surface area contributed by atoms with E-state index >= 15 is 0 Å². The topological polar surface area (TPSA) is 90.5 Å². The van der Waals surface area contributed by atoms with Crippen LogP contribution in [0.15, 0.2) is 18.2 Å². The van der Waals surface area contributed by atoms with E-state index in [-0.39, 0.29) is 24.1 Å². The maximum atomic E-state index is 12.7. The van der Waals surface area contributed by atoms with E-state index in [9.17, 15) is 14.4 Å². The van der Waals surface area contributed by atoms with Gasteiger partial charge in [-0.25, -0.2) is 0 Å². The van der Waals surface area contributed by atoms with Crippen molar-refractivity contribution in [2.24, 2.45) is 0 Å². The number of anilines is 1. The Hall–Kier alpha value is -2.41. The van der Waals surface area contributed by atoms with Gasteiger partial charge in [0.2, 0.25) is 11.8 Å². The number of nitrogens with one attached hydrogen (secondary N) is 3. The zero-order valence-electron chi connectivity index (χ0n) is 20.3. The van der Waals surface area contributed by atoms with Gasteiger partial charge in [-0.3, -0.25) is 19.7 Å². The van der Waals surface area contributed by atoms with E-state index in [1.165, 1.54) is 38.5 Å². The molecule has 0 aromatic heterocycles. The summed E-state index contributed by atoms with van der Waals surface area (Å²) in [6.45, 7) is 6.78. The number of imide groups is 1. The van der Waals surface area contributed by atoms with Gasteiger partial charge in [0.25, 0.3) is 5.91 Å². The van der Waals surface area contributed by atoms with Gasteiger partial charge in [0, 0.05) is 42.4 Å². The quantitative estimate of drug-likeness (QED) is 0.407. The molecule has 1 saturated heterocycles. The normalized spacial score (nSPS) is 20.7. The Balaban J connectivity index is 0.000000286. The van der Waals surface area contributed by atoms with Gasteiger partial charge in [0.1, 0.15) is 6.04 Å². The molecule has 1 atom stereocenters. The summed E-state index contributed by atoms with van der Waals surface area (Å²) in [6.07, 6.45) is 11.3. The first-order valence-corrected chi connectivity index (χ1v) is 12.8. The molecule has 3 N–H and O–H groups in total. The third kappa shape index (κ3) is 6.79. The monoisotopic (exact) mass is 456 g/mol. The molecule has 7 heteroatoms. The van der Waals surface area contributed by atoms with Crippen LogP contribution in [0.25, 0.3) is 0 Å². The van der Waals surface area contributed by atoms with E-state index in [0.717, 1.165) is 43.2 Å². The van der Waals surface area contributed by atoms with Crippen LogP contribution in [0.3, 0.4) is 0 Å². The highest BCUT2D eigenvalue weighted by molar-refractivity contribution is 6.06. The van der Waals surface area contributed by atoms with Gasteiger partial charge in [-0.2, -0.15) is 0 Å². The first-order valence-electron chi connectivity index (χ1n) is 12.8. The third-order valence-corrected chi connectivity index (χ3v) is 6.78. The van der Waals surface area contributed by atoms with Gasteiger partial charge in [-0.1, -0.05) is 52.0 Å².